The molecule has 0 bridgehead atoms. The van der Waals surface area contributed by atoms with Crippen LogP contribution in [-0.4, -0.2) is 44.5 Å². The number of amides is 1. The van der Waals surface area contributed by atoms with Gasteiger partial charge in [0.25, 0.3) is 5.91 Å². The maximum Gasteiger partial charge on any atom is 0.251 e. The number of anilines is 2. The number of aryl methyl sites for hydroxylation is 1. The van der Waals surface area contributed by atoms with Gasteiger partial charge in [0.1, 0.15) is 5.82 Å². The van der Waals surface area contributed by atoms with Crippen LogP contribution in [0.3, 0.4) is 0 Å². The van der Waals surface area contributed by atoms with Crippen molar-refractivity contribution in [3.05, 3.63) is 84.1 Å². The van der Waals surface area contributed by atoms with E-state index in [-0.39, 0.29) is 11.9 Å². The molecule has 0 unspecified atom stereocenters. The Labute approximate surface area is 193 Å². The fraction of sp³-hybridized carbons (Fsp3) is 0.269. The number of imidazole rings is 1. The van der Waals surface area contributed by atoms with Crippen LogP contribution in [0.25, 0.3) is 11.0 Å². The third-order valence-electron chi connectivity index (χ3n) is 6.22. The number of aromatic nitrogens is 3. The maximum absolute atomic E-state index is 12.9. The van der Waals surface area contributed by atoms with Crippen LogP contribution in [0, 0.1) is 0 Å². The number of para-hydroxylation sites is 2. The summed E-state index contributed by atoms with van der Waals surface area (Å²) < 4.78 is 1.98. The monoisotopic (exact) mass is 440 g/mol. The Hall–Kier alpha value is -3.71. The van der Waals surface area contributed by atoms with E-state index in [4.69, 9.17) is 0 Å². The van der Waals surface area contributed by atoms with Crippen LogP contribution in [0.2, 0.25) is 0 Å². The molecule has 1 saturated heterocycles. The van der Waals surface area contributed by atoms with Gasteiger partial charge in [-0.3, -0.25) is 9.69 Å². The molecule has 5 rings (SSSR count). The van der Waals surface area contributed by atoms with E-state index in [1.807, 2.05) is 41.9 Å². The Kier molecular flexibility index (Phi) is 6.04. The van der Waals surface area contributed by atoms with Crippen molar-refractivity contribution in [2.24, 2.45) is 7.05 Å². The fourth-order valence-electron chi connectivity index (χ4n) is 4.36. The predicted octanol–water partition coefficient (Wildman–Crippen LogP) is 4.11. The van der Waals surface area contributed by atoms with Gasteiger partial charge in [-0.05, 0) is 42.7 Å². The highest BCUT2D eigenvalue weighted by molar-refractivity contribution is 5.95. The van der Waals surface area contributed by atoms with Gasteiger partial charge >= 0.3 is 0 Å². The Morgan fingerprint density at radius 1 is 1.03 bits per heavy atom. The van der Waals surface area contributed by atoms with E-state index in [1.54, 1.807) is 18.3 Å². The average Bonchev–Trinajstić information content (AvgIpc) is 3.16. The summed E-state index contributed by atoms with van der Waals surface area (Å²) in [6, 6.07) is 22.2. The van der Waals surface area contributed by atoms with E-state index in [9.17, 15) is 4.79 Å². The minimum Gasteiger partial charge on any atom is -0.349 e. The molecule has 0 radical (unpaired) electrons. The molecule has 33 heavy (non-hydrogen) atoms. The first-order valence-corrected chi connectivity index (χ1v) is 11.4. The largest absolute Gasteiger partial charge is 0.349 e. The van der Waals surface area contributed by atoms with E-state index < -0.39 is 0 Å². The van der Waals surface area contributed by atoms with Gasteiger partial charge in [-0.1, -0.05) is 42.5 Å². The second-order valence-electron chi connectivity index (χ2n) is 8.55. The third-order valence-corrected chi connectivity index (χ3v) is 6.22. The molecule has 3 heterocycles. The van der Waals surface area contributed by atoms with Gasteiger partial charge in [0, 0.05) is 44.5 Å². The summed E-state index contributed by atoms with van der Waals surface area (Å²) in [4.78, 5) is 24.3. The first kappa shape index (κ1) is 21.2. The molecule has 1 aliphatic heterocycles. The van der Waals surface area contributed by atoms with Crippen LogP contribution in [0.15, 0.2) is 72.9 Å². The molecule has 1 fully saturated rings. The number of likely N-dealkylation sites (tertiary alicyclic amines) is 1. The number of nitrogens with zero attached hydrogens (tertiary/aromatic N) is 4. The molecular weight excluding hydrogens is 412 g/mol. The Morgan fingerprint density at radius 2 is 1.79 bits per heavy atom. The lowest BCUT2D eigenvalue weighted by molar-refractivity contribution is 0.0909. The van der Waals surface area contributed by atoms with Crippen molar-refractivity contribution < 1.29 is 4.79 Å². The molecule has 0 atom stereocenters. The number of hydrogen-bond acceptors (Lipinski definition) is 5. The molecule has 2 aromatic carbocycles. The Morgan fingerprint density at radius 3 is 2.58 bits per heavy atom. The molecule has 0 saturated carbocycles. The molecule has 4 aromatic rings. The zero-order valence-corrected chi connectivity index (χ0v) is 18.7. The SMILES string of the molecule is Cn1c(Nc2cc(C(=O)NC3CCN(Cc4ccccc4)CC3)ccn2)nc2ccccc21. The summed E-state index contributed by atoms with van der Waals surface area (Å²) >= 11 is 0. The van der Waals surface area contributed by atoms with Gasteiger partial charge in [0.2, 0.25) is 5.95 Å². The van der Waals surface area contributed by atoms with Gasteiger partial charge in [0.15, 0.2) is 0 Å². The number of piperidine rings is 1. The highest BCUT2D eigenvalue weighted by Gasteiger charge is 2.21. The molecule has 0 aliphatic carbocycles. The molecule has 168 valence electrons. The zero-order valence-electron chi connectivity index (χ0n) is 18.7. The van der Waals surface area contributed by atoms with Crippen molar-refractivity contribution in [3.8, 4) is 0 Å². The van der Waals surface area contributed by atoms with Crippen LogP contribution in [0.5, 0.6) is 0 Å². The Bertz CT molecular complexity index is 1240. The van der Waals surface area contributed by atoms with Crippen molar-refractivity contribution in [1.29, 1.82) is 0 Å². The van der Waals surface area contributed by atoms with Crippen LogP contribution >= 0.6 is 0 Å². The first-order chi connectivity index (χ1) is 16.2. The minimum atomic E-state index is -0.0630. The minimum absolute atomic E-state index is 0.0630. The number of pyridine rings is 1. The van der Waals surface area contributed by atoms with E-state index in [1.165, 1.54) is 5.56 Å². The normalized spacial score (nSPS) is 14.9. The van der Waals surface area contributed by atoms with Crippen LogP contribution < -0.4 is 10.6 Å². The average molecular weight is 441 g/mol. The zero-order chi connectivity index (χ0) is 22.6. The highest BCUT2D eigenvalue weighted by atomic mass is 16.1. The number of carbonyl (C=O) groups is 1. The second-order valence-corrected chi connectivity index (χ2v) is 8.55. The lowest BCUT2D eigenvalue weighted by Crippen LogP contribution is -2.44. The van der Waals surface area contributed by atoms with Gasteiger partial charge in [-0.15, -0.1) is 0 Å². The summed E-state index contributed by atoms with van der Waals surface area (Å²) in [5.41, 5.74) is 3.87. The van der Waals surface area contributed by atoms with Crippen LogP contribution in [0.4, 0.5) is 11.8 Å². The third kappa shape index (κ3) is 4.88. The van der Waals surface area contributed by atoms with Crippen molar-refractivity contribution >= 4 is 28.7 Å². The molecular formula is C26H28N6O. The second kappa shape index (κ2) is 9.42. The topological polar surface area (TPSA) is 75.1 Å². The first-order valence-electron chi connectivity index (χ1n) is 11.4. The van der Waals surface area contributed by atoms with Gasteiger partial charge in [-0.25, -0.2) is 9.97 Å². The van der Waals surface area contributed by atoms with Crippen molar-refractivity contribution in [2.45, 2.75) is 25.4 Å². The smallest absolute Gasteiger partial charge is 0.251 e. The number of nitrogens with one attached hydrogen (secondary N) is 2. The summed E-state index contributed by atoms with van der Waals surface area (Å²) in [5.74, 6) is 1.22. The quantitative estimate of drug-likeness (QED) is 0.472. The lowest BCUT2D eigenvalue weighted by atomic mass is 10.0. The van der Waals surface area contributed by atoms with Crippen LogP contribution in [-0.2, 0) is 13.6 Å². The summed E-state index contributed by atoms with van der Waals surface area (Å²) in [7, 11) is 1.96. The molecule has 7 heteroatoms. The van der Waals surface area contributed by atoms with Crippen molar-refractivity contribution in [1.82, 2.24) is 24.8 Å². The molecule has 2 N–H and O–H groups in total. The Balaban J connectivity index is 1.18. The van der Waals surface area contributed by atoms with E-state index in [2.05, 4.69) is 49.8 Å². The molecule has 2 aromatic heterocycles. The molecule has 1 amide bonds. The number of hydrogen-bond donors (Lipinski definition) is 2. The number of benzene rings is 2. The van der Waals surface area contributed by atoms with E-state index >= 15 is 0 Å². The molecule has 1 aliphatic rings. The standard InChI is InChI=1S/C26H28N6O/c1-31-23-10-6-5-9-22(23)29-26(31)30-24-17-20(11-14-27-24)25(33)28-21-12-15-32(16-13-21)18-19-7-3-2-4-8-19/h2-11,14,17,21H,12-13,15-16,18H2,1H3,(H,28,33)(H,27,29,30). The van der Waals surface area contributed by atoms with Gasteiger partial charge < -0.3 is 15.2 Å². The van der Waals surface area contributed by atoms with Crippen LogP contribution in [0.1, 0.15) is 28.8 Å². The van der Waals surface area contributed by atoms with E-state index in [0.717, 1.165) is 43.5 Å². The van der Waals surface area contributed by atoms with Gasteiger partial charge in [-0.2, -0.15) is 0 Å². The number of fused-ring (bicyclic) bond motifs is 1. The maximum atomic E-state index is 12.9. The summed E-state index contributed by atoms with van der Waals surface area (Å²) in [6.07, 6.45) is 3.56. The lowest BCUT2D eigenvalue weighted by Gasteiger charge is -2.32. The predicted molar refractivity (Wildman–Crippen MR) is 130 cm³/mol. The van der Waals surface area contributed by atoms with Crippen molar-refractivity contribution in [3.63, 3.8) is 0 Å². The number of rotatable bonds is 6. The fourth-order valence-corrected chi connectivity index (χ4v) is 4.36. The highest BCUT2D eigenvalue weighted by Crippen LogP contribution is 2.21. The number of carbonyl (C=O) groups excluding carboxylic acids is 1. The molecule has 7 nitrogen and oxygen atoms in total. The summed E-state index contributed by atoms with van der Waals surface area (Å²) in [6.45, 7) is 2.93. The van der Waals surface area contributed by atoms with Gasteiger partial charge in [0.05, 0.1) is 11.0 Å². The molecule has 0 spiro atoms. The van der Waals surface area contributed by atoms with E-state index in [0.29, 0.717) is 17.3 Å². The van der Waals surface area contributed by atoms with Crippen molar-refractivity contribution in [2.75, 3.05) is 18.4 Å². The summed E-state index contributed by atoms with van der Waals surface area (Å²) in [5, 5.41) is 6.45.